The molecule has 20 heavy (non-hydrogen) atoms. The van der Waals surface area contributed by atoms with Gasteiger partial charge in [0.25, 0.3) is 0 Å². The predicted octanol–water partition coefficient (Wildman–Crippen LogP) is 4.82. The summed E-state index contributed by atoms with van der Waals surface area (Å²) in [7, 11) is 0. The lowest BCUT2D eigenvalue weighted by Crippen LogP contribution is -2.13. The molecule has 1 heterocycles. The molecule has 1 aromatic rings. The van der Waals surface area contributed by atoms with Gasteiger partial charge in [-0.3, -0.25) is 4.79 Å². The molecule has 1 N–H and O–H groups in total. The van der Waals surface area contributed by atoms with Crippen LogP contribution in [-0.4, -0.2) is 5.91 Å². The molecule has 1 unspecified atom stereocenters. The maximum Gasteiger partial charge on any atom is 0.224 e. The van der Waals surface area contributed by atoms with Gasteiger partial charge in [0, 0.05) is 12.1 Å². The topological polar surface area (TPSA) is 29.1 Å². The van der Waals surface area contributed by atoms with E-state index in [9.17, 15) is 4.79 Å². The Labute approximate surface area is 125 Å². The molecule has 0 radical (unpaired) electrons. The minimum absolute atomic E-state index is 0.125. The standard InChI is InChI=1S/C17H22ClNO/c18-17(12-5-2-1-3-6-12)14-9-10-15-13(11-14)7-4-8-16(20)19-15/h9-12,17H,1-8H2,(H,19,20). The maximum absolute atomic E-state index is 11.6. The van der Waals surface area contributed by atoms with E-state index in [-0.39, 0.29) is 11.3 Å². The van der Waals surface area contributed by atoms with Crippen molar-refractivity contribution in [2.24, 2.45) is 5.92 Å². The van der Waals surface area contributed by atoms with Crippen molar-refractivity contribution in [1.82, 2.24) is 0 Å². The number of alkyl halides is 1. The molecule has 1 aliphatic carbocycles. The van der Waals surface area contributed by atoms with Gasteiger partial charge in [-0.1, -0.05) is 31.4 Å². The largest absolute Gasteiger partial charge is 0.326 e. The number of fused-ring (bicyclic) bond motifs is 1. The summed E-state index contributed by atoms with van der Waals surface area (Å²) in [6.07, 6.45) is 9.01. The van der Waals surface area contributed by atoms with Gasteiger partial charge in [-0.15, -0.1) is 11.6 Å². The smallest absolute Gasteiger partial charge is 0.224 e. The molecule has 0 aromatic heterocycles. The molecule has 0 spiro atoms. The quantitative estimate of drug-likeness (QED) is 0.778. The van der Waals surface area contributed by atoms with Crippen LogP contribution < -0.4 is 5.32 Å². The third kappa shape index (κ3) is 3.01. The summed E-state index contributed by atoms with van der Waals surface area (Å²) in [5.74, 6) is 0.745. The van der Waals surface area contributed by atoms with Crippen LogP contribution in [0.4, 0.5) is 5.69 Å². The monoisotopic (exact) mass is 291 g/mol. The van der Waals surface area contributed by atoms with Gasteiger partial charge in [0.1, 0.15) is 0 Å². The fourth-order valence-electron chi connectivity index (χ4n) is 3.47. The highest BCUT2D eigenvalue weighted by atomic mass is 35.5. The van der Waals surface area contributed by atoms with Crippen molar-refractivity contribution in [1.29, 1.82) is 0 Å². The molecule has 2 nitrogen and oxygen atoms in total. The number of aryl methyl sites for hydroxylation is 1. The second kappa shape index (κ2) is 6.17. The van der Waals surface area contributed by atoms with Crippen molar-refractivity contribution in [2.45, 2.75) is 56.7 Å². The summed E-state index contributed by atoms with van der Waals surface area (Å²) >= 11 is 6.71. The van der Waals surface area contributed by atoms with Gasteiger partial charge in [-0.2, -0.15) is 0 Å². The van der Waals surface area contributed by atoms with Gasteiger partial charge in [0.15, 0.2) is 0 Å². The molecule has 2 aliphatic rings. The molecule has 3 heteroatoms. The summed E-state index contributed by atoms with van der Waals surface area (Å²) in [6.45, 7) is 0. The Balaban J connectivity index is 1.80. The summed E-state index contributed by atoms with van der Waals surface area (Å²) in [5, 5.41) is 3.11. The van der Waals surface area contributed by atoms with Crippen molar-refractivity contribution in [3.05, 3.63) is 29.3 Å². The lowest BCUT2D eigenvalue weighted by atomic mass is 9.84. The van der Waals surface area contributed by atoms with Crippen molar-refractivity contribution in [3.8, 4) is 0 Å². The fourth-order valence-corrected chi connectivity index (χ4v) is 3.85. The van der Waals surface area contributed by atoms with Crippen molar-refractivity contribution in [3.63, 3.8) is 0 Å². The van der Waals surface area contributed by atoms with Crippen LogP contribution in [0.1, 0.15) is 61.4 Å². The van der Waals surface area contributed by atoms with Crippen LogP contribution in [0.3, 0.4) is 0 Å². The van der Waals surface area contributed by atoms with Crippen LogP contribution in [0, 0.1) is 5.92 Å². The molecule has 1 atom stereocenters. The number of amides is 1. The van der Waals surface area contributed by atoms with E-state index in [1.165, 1.54) is 43.2 Å². The predicted molar refractivity (Wildman–Crippen MR) is 83.2 cm³/mol. The Morgan fingerprint density at radius 1 is 1.10 bits per heavy atom. The molecular formula is C17H22ClNO. The number of carbonyl (C=O) groups excluding carboxylic acids is 1. The Kier molecular flexibility index (Phi) is 4.30. The molecule has 3 rings (SSSR count). The zero-order valence-corrected chi connectivity index (χ0v) is 12.6. The number of anilines is 1. The number of halogens is 1. The zero-order valence-electron chi connectivity index (χ0n) is 11.8. The van der Waals surface area contributed by atoms with Gasteiger partial charge in [-0.05, 0) is 48.8 Å². The molecule has 108 valence electrons. The second-order valence-electron chi connectivity index (χ2n) is 6.12. The first kappa shape index (κ1) is 13.9. The van der Waals surface area contributed by atoms with Crippen LogP contribution in [0.15, 0.2) is 18.2 Å². The van der Waals surface area contributed by atoms with Crippen LogP contribution in [0.25, 0.3) is 0 Å². The first-order valence-corrected chi connectivity index (χ1v) is 8.24. The summed E-state index contributed by atoms with van der Waals surface area (Å²) in [5.41, 5.74) is 3.45. The van der Waals surface area contributed by atoms with Gasteiger partial charge < -0.3 is 5.32 Å². The van der Waals surface area contributed by atoms with Crippen LogP contribution >= 0.6 is 11.6 Å². The fraction of sp³-hybridized carbons (Fsp3) is 0.588. The van der Waals surface area contributed by atoms with Crippen molar-refractivity contribution >= 4 is 23.2 Å². The zero-order chi connectivity index (χ0) is 13.9. The van der Waals surface area contributed by atoms with E-state index in [2.05, 4.69) is 17.4 Å². The molecule has 1 amide bonds. The molecule has 1 aliphatic heterocycles. The molecule has 1 aromatic carbocycles. The third-order valence-electron chi connectivity index (χ3n) is 4.64. The van der Waals surface area contributed by atoms with E-state index < -0.39 is 0 Å². The Morgan fingerprint density at radius 2 is 1.90 bits per heavy atom. The molecular weight excluding hydrogens is 270 g/mol. The minimum atomic E-state index is 0.125. The Hall–Kier alpha value is -1.02. The number of benzene rings is 1. The van der Waals surface area contributed by atoms with Gasteiger partial charge in [0.05, 0.1) is 5.38 Å². The third-order valence-corrected chi connectivity index (χ3v) is 5.24. The number of rotatable bonds is 2. The number of nitrogens with one attached hydrogen (secondary N) is 1. The van der Waals surface area contributed by atoms with Gasteiger partial charge >= 0.3 is 0 Å². The molecule has 1 saturated carbocycles. The highest BCUT2D eigenvalue weighted by molar-refractivity contribution is 6.21. The van der Waals surface area contributed by atoms with Gasteiger partial charge in [0.2, 0.25) is 5.91 Å². The first-order chi connectivity index (χ1) is 9.74. The second-order valence-corrected chi connectivity index (χ2v) is 6.59. The molecule has 0 saturated heterocycles. The number of hydrogen-bond donors (Lipinski definition) is 1. The highest BCUT2D eigenvalue weighted by Gasteiger charge is 2.24. The van der Waals surface area contributed by atoms with Crippen molar-refractivity contribution in [2.75, 3.05) is 5.32 Å². The Bertz CT molecular complexity index is 494. The lowest BCUT2D eigenvalue weighted by molar-refractivity contribution is -0.116. The van der Waals surface area contributed by atoms with E-state index in [4.69, 9.17) is 11.6 Å². The van der Waals surface area contributed by atoms with Crippen LogP contribution in [0.5, 0.6) is 0 Å². The SMILES string of the molecule is O=C1CCCc2cc(C(Cl)C3CCCCC3)ccc2N1. The van der Waals surface area contributed by atoms with E-state index in [1.807, 2.05) is 6.07 Å². The molecule has 1 fully saturated rings. The normalized spacial score (nSPS) is 21.8. The lowest BCUT2D eigenvalue weighted by Gasteiger charge is -2.26. The molecule has 0 bridgehead atoms. The average Bonchev–Trinajstić information content (AvgIpc) is 2.67. The number of carbonyl (C=O) groups is 1. The van der Waals surface area contributed by atoms with Crippen molar-refractivity contribution < 1.29 is 4.79 Å². The van der Waals surface area contributed by atoms with E-state index >= 15 is 0 Å². The summed E-state index contributed by atoms with van der Waals surface area (Å²) in [4.78, 5) is 11.6. The van der Waals surface area contributed by atoms with E-state index in [0.29, 0.717) is 12.3 Å². The number of hydrogen-bond acceptors (Lipinski definition) is 1. The van der Waals surface area contributed by atoms with Crippen LogP contribution in [-0.2, 0) is 11.2 Å². The Morgan fingerprint density at radius 3 is 2.70 bits per heavy atom. The highest BCUT2D eigenvalue weighted by Crippen LogP contribution is 2.39. The minimum Gasteiger partial charge on any atom is -0.326 e. The summed E-state index contributed by atoms with van der Waals surface area (Å²) in [6, 6.07) is 6.34. The van der Waals surface area contributed by atoms with Gasteiger partial charge in [-0.25, -0.2) is 0 Å². The van der Waals surface area contributed by atoms with Crippen LogP contribution in [0.2, 0.25) is 0 Å². The van der Waals surface area contributed by atoms with E-state index in [0.717, 1.165) is 18.5 Å². The average molecular weight is 292 g/mol. The summed E-state index contributed by atoms with van der Waals surface area (Å²) < 4.78 is 0. The maximum atomic E-state index is 11.6. The first-order valence-electron chi connectivity index (χ1n) is 7.81. The van der Waals surface area contributed by atoms with E-state index in [1.54, 1.807) is 0 Å².